The van der Waals surface area contributed by atoms with E-state index in [9.17, 15) is 19.3 Å². The molecule has 0 saturated carbocycles. The summed E-state index contributed by atoms with van der Waals surface area (Å²) in [5.41, 5.74) is 0.795. The number of carbonyl (C=O) groups is 2. The molecule has 2 N–H and O–H groups in total. The van der Waals surface area contributed by atoms with Gasteiger partial charge in [0.1, 0.15) is 23.3 Å². The third-order valence-corrected chi connectivity index (χ3v) is 8.49. The minimum Gasteiger partial charge on any atom is -0.477 e. The van der Waals surface area contributed by atoms with Crippen LogP contribution >= 0.6 is 18.9 Å². The molecule has 0 aliphatic heterocycles. The van der Waals surface area contributed by atoms with Gasteiger partial charge in [0.2, 0.25) is 5.91 Å². The van der Waals surface area contributed by atoms with Crippen molar-refractivity contribution >= 4 is 40.9 Å². The summed E-state index contributed by atoms with van der Waals surface area (Å²) >= 11 is 1.05. The van der Waals surface area contributed by atoms with Gasteiger partial charge in [-0.05, 0) is 53.8 Å². The van der Waals surface area contributed by atoms with Crippen molar-refractivity contribution in [1.82, 2.24) is 5.09 Å². The number of carboxylic acids is 1. The van der Waals surface area contributed by atoms with E-state index in [0.29, 0.717) is 10.1 Å². The van der Waals surface area contributed by atoms with Gasteiger partial charge < -0.3 is 14.4 Å². The number of para-hydroxylation sites is 1. The van der Waals surface area contributed by atoms with E-state index in [1.807, 2.05) is 18.2 Å². The van der Waals surface area contributed by atoms with Crippen LogP contribution < -0.4 is 9.61 Å². The normalized spacial score (nSPS) is 14.1. The van der Waals surface area contributed by atoms with Crippen molar-refractivity contribution in [3.8, 4) is 5.75 Å². The maximum absolute atomic E-state index is 15.9. The summed E-state index contributed by atoms with van der Waals surface area (Å²) in [6, 6.07) is 21.8. The molecule has 1 radical (unpaired) electrons. The van der Waals surface area contributed by atoms with Crippen LogP contribution in [-0.2, 0) is 20.7 Å². The number of halogens is 1. The van der Waals surface area contributed by atoms with Gasteiger partial charge in [0.05, 0.1) is 0 Å². The average molecular weight is 790 g/mol. The second kappa shape index (κ2) is 11.5. The fourth-order valence-electron chi connectivity index (χ4n) is 3.46. The summed E-state index contributed by atoms with van der Waals surface area (Å²) < 4.78 is 41.4. The summed E-state index contributed by atoms with van der Waals surface area (Å²) in [6.07, 6.45) is 0. The number of hydrogen-bond acceptors (Lipinski definition) is 6. The number of aromatic carboxylic acids is 1. The average Bonchev–Trinajstić information content (AvgIpc) is 3.32. The Morgan fingerprint density at radius 1 is 1.03 bits per heavy atom. The van der Waals surface area contributed by atoms with Gasteiger partial charge in [-0.15, -0.1) is 11.3 Å². The van der Waals surface area contributed by atoms with Gasteiger partial charge in [-0.1, -0.05) is 54.6 Å². The van der Waals surface area contributed by atoms with Crippen molar-refractivity contribution in [2.24, 2.45) is 0 Å². The predicted molar refractivity (Wildman–Crippen MR) is 136 cm³/mol. The number of carboxylic acid groups (broad SMARTS) is 1. The molecule has 0 spiro atoms. The standard InChI is InChI=1S/C26H23FNO6PS.Lr/c1-17(26(31)33-16-18-8-4-2-5-9-18)28-35(32,34-21-10-6-3-7-11-21)24(27)19-12-13-22-20(14-19)15-23(36-22)25(29)30;/h2-15,17,24H,16H2,1H3,(H,28,32)(H,29,30);/t17-,24+,35?;/m0./s1. The molecular weight excluding hydrogens is 766 g/mol. The zero-order chi connectivity index (χ0) is 25.7. The van der Waals surface area contributed by atoms with Crippen molar-refractivity contribution in [1.29, 1.82) is 0 Å². The van der Waals surface area contributed by atoms with Crippen LogP contribution in [0.3, 0.4) is 0 Å². The molecule has 4 rings (SSSR count). The van der Waals surface area contributed by atoms with E-state index in [4.69, 9.17) is 9.26 Å². The maximum Gasteiger partial charge on any atom is 0.355 e. The quantitative estimate of drug-likeness (QED) is 0.139. The van der Waals surface area contributed by atoms with Crippen molar-refractivity contribution < 1.29 is 32.9 Å². The smallest absolute Gasteiger partial charge is 0.355 e. The molecular formula is C26H23FLrNO6PS. The number of fused-ring (bicyclic) bond motifs is 1. The first-order valence-corrected chi connectivity index (χ1v) is 13.5. The van der Waals surface area contributed by atoms with E-state index in [1.165, 1.54) is 37.3 Å². The zero-order valence-electron chi connectivity index (χ0n) is 19.4. The molecule has 1 unspecified atom stereocenters. The predicted octanol–water partition coefficient (Wildman–Crippen LogP) is 6.56. The van der Waals surface area contributed by atoms with E-state index in [-0.39, 0.29) is 22.8 Å². The number of nitrogens with one attached hydrogen (secondary N) is 1. The Morgan fingerprint density at radius 2 is 1.68 bits per heavy atom. The van der Waals surface area contributed by atoms with Gasteiger partial charge in [-0.2, -0.15) is 0 Å². The van der Waals surface area contributed by atoms with Crippen molar-refractivity contribution in [3.05, 3.63) is 101 Å². The number of carbonyl (C=O) groups excluding carboxylic acids is 1. The molecule has 11 heteroatoms. The molecule has 3 aromatic carbocycles. The number of esters is 1. The summed E-state index contributed by atoms with van der Waals surface area (Å²) in [4.78, 5) is 24.0. The molecule has 0 bridgehead atoms. The Balaban J connectivity index is 0.00000380. The summed E-state index contributed by atoms with van der Waals surface area (Å²) in [5, 5.41) is 12.3. The van der Waals surface area contributed by atoms with Gasteiger partial charge in [0.25, 0.3) is 0 Å². The first-order valence-electron chi connectivity index (χ1n) is 11.0. The van der Waals surface area contributed by atoms with Crippen molar-refractivity contribution in [3.63, 3.8) is 0 Å². The molecule has 1 heterocycles. The Hall–Kier alpha value is -4.52. The molecule has 201 valence electrons. The Morgan fingerprint density at radius 3 is 2.32 bits per heavy atom. The number of thiophene rings is 1. The molecule has 0 fully saturated rings. The van der Waals surface area contributed by atoms with Crippen LogP contribution in [0, 0.1) is 0 Å². The molecule has 1 aromatic heterocycles. The first-order chi connectivity index (χ1) is 17.2. The van der Waals surface area contributed by atoms with Crippen molar-refractivity contribution in [2.45, 2.75) is 25.5 Å². The van der Waals surface area contributed by atoms with Crippen LogP contribution in [0.4, 0.5) is 4.39 Å². The molecule has 37 heavy (non-hydrogen) atoms. The van der Waals surface area contributed by atoms with E-state index in [2.05, 4.69) is 5.09 Å². The first kappa shape index (κ1) is 27.1. The topological polar surface area (TPSA) is 102 Å². The fourth-order valence-corrected chi connectivity index (χ4v) is 6.26. The summed E-state index contributed by atoms with van der Waals surface area (Å²) in [5.74, 6) is -3.80. The van der Waals surface area contributed by atoms with Gasteiger partial charge in [-0.3, -0.25) is 9.36 Å². The minimum atomic E-state index is -4.38. The van der Waals surface area contributed by atoms with Gasteiger partial charge in [0.15, 0.2) is 0 Å². The minimum absolute atomic E-state index is 0. The summed E-state index contributed by atoms with van der Waals surface area (Å²) in [6.45, 7) is 1.43. The molecule has 0 aliphatic rings. The Kier molecular flexibility index (Phi) is 8.40. The number of ether oxygens (including phenoxy) is 1. The fraction of sp³-hybridized carbons (Fsp3) is 0.154. The molecule has 7 nitrogen and oxygen atoms in total. The molecule has 0 saturated heterocycles. The van der Waals surface area contributed by atoms with Crippen LogP contribution in [0.25, 0.3) is 10.1 Å². The van der Waals surface area contributed by atoms with Crippen molar-refractivity contribution in [2.75, 3.05) is 0 Å². The SMILES string of the molecule is C[C@H](NP(=O)(Oc1ccccc1)[C@@H](F)c1ccc2sc(C(=O)O)cc2c1)C(=O)OCc1ccccc1.[Lr]. The van der Waals surface area contributed by atoms with Crippen LogP contribution in [-0.4, -0.2) is 23.1 Å². The van der Waals surface area contributed by atoms with E-state index >= 15 is 4.39 Å². The van der Waals surface area contributed by atoms with Gasteiger partial charge in [-0.25, -0.2) is 14.3 Å². The van der Waals surface area contributed by atoms with Crippen LogP contribution in [0.2, 0.25) is 0 Å². The van der Waals surface area contributed by atoms with Crippen LogP contribution in [0.1, 0.15) is 33.6 Å². The monoisotopic (exact) mass is 789 g/mol. The van der Waals surface area contributed by atoms with E-state index < -0.39 is 31.4 Å². The number of alkyl halides is 1. The molecule has 4 aromatic rings. The van der Waals surface area contributed by atoms with Gasteiger partial charge >= 0.3 is 19.5 Å². The molecule has 0 aliphatic carbocycles. The Bertz CT molecular complexity index is 1420. The maximum atomic E-state index is 15.9. The van der Waals surface area contributed by atoms with Crippen LogP contribution in [0.15, 0.2) is 84.9 Å². The Labute approximate surface area is 211 Å². The number of rotatable bonds is 10. The molecule has 3 atom stereocenters. The third-order valence-electron chi connectivity index (χ3n) is 5.26. The second-order valence-electron chi connectivity index (χ2n) is 7.99. The third kappa shape index (κ3) is 6.38. The van der Waals surface area contributed by atoms with Gasteiger partial charge in [0, 0.05) is 4.70 Å². The summed E-state index contributed by atoms with van der Waals surface area (Å²) in [7, 11) is -4.38. The van der Waals surface area contributed by atoms with E-state index in [1.54, 1.807) is 36.4 Å². The molecule has 0 amide bonds. The zero-order valence-corrected chi connectivity index (χ0v) is 23.3. The second-order valence-corrected chi connectivity index (χ2v) is 11.2. The van der Waals surface area contributed by atoms with E-state index in [0.717, 1.165) is 16.9 Å². The number of hydrogen-bond donors (Lipinski definition) is 2. The number of benzene rings is 3. The largest absolute Gasteiger partial charge is 0.477 e. The van der Waals surface area contributed by atoms with Crippen LogP contribution in [0.5, 0.6) is 5.75 Å².